The molecule has 2 heterocycles. The second-order valence-electron chi connectivity index (χ2n) is 5.21. The molecular formula is C14H21N3O3S. The zero-order valence-electron chi connectivity index (χ0n) is 12.1. The summed E-state index contributed by atoms with van der Waals surface area (Å²) in [5, 5.41) is 16.7. The van der Waals surface area contributed by atoms with Crippen molar-refractivity contribution in [3.05, 3.63) is 21.9 Å². The molecule has 116 valence electrons. The van der Waals surface area contributed by atoms with E-state index in [1.165, 1.54) is 11.3 Å². The molecule has 0 saturated carbocycles. The lowest BCUT2D eigenvalue weighted by atomic mass is 10.1. The Morgan fingerprint density at radius 1 is 1.43 bits per heavy atom. The zero-order chi connectivity index (χ0) is 15.2. The third kappa shape index (κ3) is 4.80. The molecule has 1 fully saturated rings. The van der Waals surface area contributed by atoms with Crippen LogP contribution in [-0.4, -0.2) is 54.6 Å². The van der Waals surface area contributed by atoms with E-state index in [1.807, 2.05) is 0 Å². The summed E-state index contributed by atoms with van der Waals surface area (Å²) in [5.74, 6) is -0.818. The molecular weight excluding hydrogens is 290 g/mol. The van der Waals surface area contributed by atoms with E-state index >= 15 is 0 Å². The highest BCUT2D eigenvalue weighted by Crippen LogP contribution is 2.16. The monoisotopic (exact) mass is 311 g/mol. The topological polar surface area (TPSA) is 81.7 Å². The van der Waals surface area contributed by atoms with Crippen LogP contribution in [0, 0.1) is 0 Å². The van der Waals surface area contributed by atoms with Gasteiger partial charge in [-0.1, -0.05) is 0 Å². The van der Waals surface area contributed by atoms with Crippen LogP contribution in [0.1, 0.15) is 28.1 Å². The van der Waals surface area contributed by atoms with Crippen molar-refractivity contribution in [2.75, 3.05) is 26.7 Å². The second-order valence-corrected chi connectivity index (χ2v) is 6.21. The second kappa shape index (κ2) is 7.53. The molecule has 0 bridgehead atoms. The molecule has 6 nitrogen and oxygen atoms in total. The van der Waals surface area contributed by atoms with E-state index < -0.39 is 5.97 Å². The Hall–Kier alpha value is -1.44. The summed E-state index contributed by atoms with van der Waals surface area (Å²) >= 11 is 1.47. The van der Waals surface area contributed by atoms with Crippen molar-refractivity contribution in [2.24, 2.45) is 0 Å². The molecule has 1 amide bonds. The van der Waals surface area contributed by atoms with E-state index in [-0.39, 0.29) is 5.91 Å². The average Bonchev–Trinajstić information content (AvgIpc) is 2.95. The van der Waals surface area contributed by atoms with Crippen LogP contribution in [0.4, 0.5) is 0 Å². The van der Waals surface area contributed by atoms with Crippen LogP contribution in [0.15, 0.2) is 11.4 Å². The number of hydrogen-bond donors (Lipinski definition) is 3. The van der Waals surface area contributed by atoms with Crippen LogP contribution in [-0.2, 0) is 11.3 Å². The summed E-state index contributed by atoms with van der Waals surface area (Å²) in [6.07, 6.45) is 2.02. The Balaban J connectivity index is 1.71. The minimum absolute atomic E-state index is 0.0567. The number of amides is 1. The van der Waals surface area contributed by atoms with Crippen molar-refractivity contribution in [3.63, 3.8) is 0 Å². The molecule has 1 aliphatic heterocycles. The molecule has 1 aromatic rings. The van der Waals surface area contributed by atoms with Crippen LogP contribution in [0.5, 0.6) is 0 Å². The molecule has 2 rings (SSSR count). The van der Waals surface area contributed by atoms with Crippen molar-refractivity contribution in [1.29, 1.82) is 0 Å². The SMILES string of the molecule is CNC(=O)CN1CCC(NCc2cc(C(=O)O)cs2)CC1. The zero-order valence-corrected chi connectivity index (χ0v) is 12.9. The minimum Gasteiger partial charge on any atom is -0.478 e. The Bertz CT molecular complexity index is 495. The van der Waals surface area contributed by atoms with E-state index in [0.29, 0.717) is 24.7 Å². The third-order valence-electron chi connectivity index (χ3n) is 3.70. The number of aromatic carboxylic acids is 1. The number of nitrogens with one attached hydrogen (secondary N) is 2. The Morgan fingerprint density at radius 3 is 2.71 bits per heavy atom. The maximum atomic E-state index is 11.3. The van der Waals surface area contributed by atoms with E-state index in [9.17, 15) is 9.59 Å². The van der Waals surface area contributed by atoms with Gasteiger partial charge in [-0.2, -0.15) is 0 Å². The summed E-state index contributed by atoms with van der Waals surface area (Å²) in [7, 11) is 1.66. The number of carboxylic acid groups (broad SMARTS) is 1. The van der Waals surface area contributed by atoms with Gasteiger partial charge in [-0.15, -0.1) is 11.3 Å². The van der Waals surface area contributed by atoms with Crippen molar-refractivity contribution in [2.45, 2.75) is 25.4 Å². The molecule has 7 heteroatoms. The van der Waals surface area contributed by atoms with Gasteiger partial charge < -0.3 is 15.7 Å². The first-order valence-corrected chi connectivity index (χ1v) is 7.93. The van der Waals surface area contributed by atoms with E-state index in [0.717, 1.165) is 30.8 Å². The first-order valence-electron chi connectivity index (χ1n) is 7.05. The molecule has 0 spiro atoms. The molecule has 1 aliphatic rings. The molecule has 1 aromatic heterocycles. The van der Waals surface area contributed by atoms with Crippen LogP contribution in [0.3, 0.4) is 0 Å². The first-order chi connectivity index (χ1) is 10.1. The first kappa shape index (κ1) is 15.9. The van der Waals surface area contributed by atoms with Gasteiger partial charge in [-0.25, -0.2) is 4.79 Å². The summed E-state index contributed by atoms with van der Waals surface area (Å²) in [6, 6.07) is 2.15. The highest BCUT2D eigenvalue weighted by Gasteiger charge is 2.20. The van der Waals surface area contributed by atoms with Crippen molar-refractivity contribution >= 4 is 23.2 Å². The van der Waals surface area contributed by atoms with E-state index in [4.69, 9.17) is 5.11 Å². The van der Waals surface area contributed by atoms with Gasteiger partial charge in [0.15, 0.2) is 0 Å². The fourth-order valence-electron chi connectivity index (χ4n) is 2.41. The summed E-state index contributed by atoms with van der Waals surface area (Å²) < 4.78 is 0. The van der Waals surface area contributed by atoms with Crippen LogP contribution >= 0.6 is 11.3 Å². The van der Waals surface area contributed by atoms with Crippen molar-refractivity contribution < 1.29 is 14.7 Å². The van der Waals surface area contributed by atoms with Crippen LogP contribution < -0.4 is 10.6 Å². The van der Waals surface area contributed by atoms with Gasteiger partial charge >= 0.3 is 5.97 Å². The quantitative estimate of drug-likeness (QED) is 0.722. The Morgan fingerprint density at radius 2 is 2.14 bits per heavy atom. The van der Waals surface area contributed by atoms with Crippen LogP contribution in [0.25, 0.3) is 0 Å². The molecule has 0 unspecified atom stereocenters. The van der Waals surface area contributed by atoms with Gasteiger partial charge in [0, 0.05) is 43.0 Å². The number of thiophene rings is 1. The van der Waals surface area contributed by atoms with Gasteiger partial charge in [0.1, 0.15) is 0 Å². The molecule has 0 aliphatic carbocycles. The number of hydrogen-bond acceptors (Lipinski definition) is 5. The fourth-order valence-corrected chi connectivity index (χ4v) is 3.22. The molecule has 3 N–H and O–H groups in total. The fraction of sp³-hybridized carbons (Fsp3) is 0.571. The number of carboxylic acids is 1. The summed E-state index contributed by atoms with van der Waals surface area (Å²) in [4.78, 5) is 25.3. The smallest absolute Gasteiger partial charge is 0.336 e. The van der Waals surface area contributed by atoms with Gasteiger partial charge in [-0.05, 0) is 18.9 Å². The highest BCUT2D eigenvalue weighted by atomic mass is 32.1. The Kier molecular flexibility index (Phi) is 5.72. The summed E-state index contributed by atoms with van der Waals surface area (Å²) in [6.45, 7) is 3.00. The largest absolute Gasteiger partial charge is 0.478 e. The lowest BCUT2D eigenvalue weighted by Gasteiger charge is -2.31. The maximum absolute atomic E-state index is 11.3. The van der Waals surface area contributed by atoms with Gasteiger partial charge in [0.2, 0.25) is 5.91 Å². The minimum atomic E-state index is -0.875. The van der Waals surface area contributed by atoms with Gasteiger partial charge in [0.05, 0.1) is 12.1 Å². The number of nitrogens with zero attached hydrogens (tertiary/aromatic N) is 1. The summed E-state index contributed by atoms with van der Waals surface area (Å²) in [5.41, 5.74) is 0.359. The van der Waals surface area contributed by atoms with Crippen LogP contribution in [0.2, 0.25) is 0 Å². The Labute approximate surface area is 128 Å². The molecule has 1 saturated heterocycles. The molecule has 0 atom stereocenters. The predicted octanol–water partition coefficient (Wildman–Crippen LogP) is 0.746. The highest BCUT2D eigenvalue weighted by molar-refractivity contribution is 7.10. The van der Waals surface area contributed by atoms with Crippen molar-refractivity contribution in [3.8, 4) is 0 Å². The number of rotatable bonds is 6. The molecule has 21 heavy (non-hydrogen) atoms. The number of piperidine rings is 1. The predicted molar refractivity (Wildman–Crippen MR) is 81.6 cm³/mol. The molecule has 0 aromatic carbocycles. The molecule has 0 radical (unpaired) electrons. The average molecular weight is 311 g/mol. The van der Waals surface area contributed by atoms with Crippen molar-refractivity contribution in [1.82, 2.24) is 15.5 Å². The van der Waals surface area contributed by atoms with E-state index in [2.05, 4.69) is 15.5 Å². The standard InChI is InChI=1S/C14H21N3O3S/c1-15-13(18)8-17-4-2-11(3-5-17)16-7-12-6-10(9-21-12)14(19)20/h6,9,11,16H,2-5,7-8H2,1H3,(H,15,18)(H,19,20). The normalized spacial score (nSPS) is 16.8. The number of likely N-dealkylation sites (tertiary alicyclic amines) is 1. The third-order valence-corrected chi connectivity index (χ3v) is 4.64. The lowest BCUT2D eigenvalue weighted by molar-refractivity contribution is -0.122. The van der Waals surface area contributed by atoms with Gasteiger partial charge in [0.25, 0.3) is 0 Å². The maximum Gasteiger partial charge on any atom is 0.336 e. The van der Waals surface area contributed by atoms with E-state index in [1.54, 1.807) is 18.5 Å². The lowest BCUT2D eigenvalue weighted by Crippen LogP contribution is -2.45. The number of carbonyl (C=O) groups is 2. The van der Waals surface area contributed by atoms with Gasteiger partial charge in [-0.3, -0.25) is 9.69 Å². The number of likely N-dealkylation sites (N-methyl/N-ethyl adjacent to an activating group) is 1. The number of carbonyl (C=O) groups excluding carboxylic acids is 1.